The number of piperidine rings is 1. The second-order valence-corrected chi connectivity index (χ2v) is 9.40. The maximum Gasteiger partial charge on any atom is 0.178 e. The molecule has 0 atom stereocenters. The Bertz CT molecular complexity index is 1170. The number of benzene rings is 1. The van der Waals surface area contributed by atoms with Crippen LogP contribution in [-0.2, 0) is 6.42 Å². The molecule has 0 radical (unpaired) electrons. The second-order valence-electron chi connectivity index (χ2n) is 9.40. The maximum absolute atomic E-state index is 14.9. The van der Waals surface area contributed by atoms with Crippen molar-refractivity contribution in [3.63, 3.8) is 0 Å². The first kappa shape index (κ1) is 22.7. The average Bonchev–Trinajstić information content (AvgIpc) is 3.28. The highest BCUT2D eigenvalue weighted by atomic mass is 19.1. The summed E-state index contributed by atoms with van der Waals surface area (Å²) in [5.74, 6) is 0.445. The van der Waals surface area contributed by atoms with Crippen molar-refractivity contribution in [3.05, 3.63) is 53.3 Å². The van der Waals surface area contributed by atoms with E-state index in [4.69, 9.17) is 9.26 Å². The number of halogens is 2. The van der Waals surface area contributed by atoms with Crippen molar-refractivity contribution >= 4 is 5.69 Å². The number of hydrogen-bond donors (Lipinski definition) is 0. The molecule has 0 spiro atoms. The molecule has 180 valence electrons. The van der Waals surface area contributed by atoms with Gasteiger partial charge in [0.1, 0.15) is 23.9 Å². The van der Waals surface area contributed by atoms with Crippen molar-refractivity contribution in [3.8, 4) is 17.0 Å². The topological polar surface area (TPSA) is 67.5 Å². The third kappa shape index (κ3) is 4.49. The van der Waals surface area contributed by atoms with Crippen LogP contribution in [0, 0.1) is 11.6 Å². The molecule has 5 rings (SSSR count). The molecule has 0 unspecified atom stereocenters. The fourth-order valence-electron chi connectivity index (χ4n) is 4.73. The summed E-state index contributed by atoms with van der Waals surface area (Å²) in [6.07, 6.45) is 3.49. The van der Waals surface area contributed by atoms with Gasteiger partial charge in [0.25, 0.3) is 0 Å². The van der Waals surface area contributed by atoms with Crippen LogP contribution >= 0.6 is 0 Å². The molecule has 0 amide bonds. The molecule has 0 bridgehead atoms. The third-order valence-electron chi connectivity index (χ3n) is 6.65. The highest BCUT2D eigenvalue weighted by molar-refractivity contribution is 5.72. The van der Waals surface area contributed by atoms with Gasteiger partial charge in [-0.3, -0.25) is 0 Å². The predicted octanol–water partition coefficient (Wildman–Crippen LogP) is 4.42. The lowest BCUT2D eigenvalue weighted by molar-refractivity contribution is 0.249. The lowest BCUT2D eigenvalue weighted by Crippen LogP contribution is -2.38. The van der Waals surface area contributed by atoms with E-state index < -0.39 is 11.6 Å². The molecule has 2 aliphatic rings. The monoisotopic (exact) mass is 469 g/mol. The van der Waals surface area contributed by atoms with Gasteiger partial charge in [0.15, 0.2) is 17.4 Å². The van der Waals surface area contributed by atoms with Gasteiger partial charge >= 0.3 is 0 Å². The number of aromatic nitrogens is 3. The van der Waals surface area contributed by atoms with Gasteiger partial charge in [0.2, 0.25) is 0 Å². The summed E-state index contributed by atoms with van der Waals surface area (Å²) in [5, 5.41) is 4.25. The molecule has 7 nitrogen and oxygen atoms in total. The summed E-state index contributed by atoms with van der Waals surface area (Å²) in [6, 6.07) is 5.09. The normalized spacial score (nSPS) is 17.2. The van der Waals surface area contributed by atoms with E-state index in [1.807, 2.05) is 24.8 Å². The molecule has 0 N–H and O–H groups in total. The van der Waals surface area contributed by atoms with Crippen LogP contribution in [0.3, 0.4) is 0 Å². The highest BCUT2D eigenvalue weighted by Gasteiger charge is 2.26. The molecule has 1 fully saturated rings. The van der Waals surface area contributed by atoms with Crippen LogP contribution in [0.4, 0.5) is 14.5 Å². The van der Waals surface area contributed by atoms with E-state index in [0.717, 1.165) is 37.8 Å². The first-order valence-electron chi connectivity index (χ1n) is 11.8. The number of likely N-dealkylation sites (tertiary alicyclic amines) is 1. The van der Waals surface area contributed by atoms with Crippen LogP contribution in [0.1, 0.15) is 49.9 Å². The summed E-state index contributed by atoms with van der Waals surface area (Å²) in [6.45, 7) is 7.17. The van der Waals surface area contributed by atoms with Gasteiger partial charge in [-0.15, -0.1) is 0 Å². The van der Waals surface area contributed by atoms with Gasteiger partial charge in [0, 0.05) is 23.6 Å². The first-order chi connectivity index (χ1) is 16.4. The highest BCUT2D eigenvalue weighted by Crippen LogP contribution is 2.39. The Labute approximate surface area is 197 Å². The fourth-order valence-corrected chi connectivity index (χ4v) is 4.73. The van der Waals surface area contributed by atoms with Gasteiger partial charge in [-0.05, 0) is 59.0 Å². The van der Waals surface area contributed by atoms with Gasteiger partial charge < -0.3 is 19.1 Å². The zero-order valence-electron chi connectivity index (χ0n) is 19.7. The summed E-state index contributed by atoms with van der Waals surface area (Å²) < 4.78 is 40.7. The Balaban J connectivity index is 1.41. The van der Waals surface area contributed by atoms with Crippen LogP contribution in [0.5, 0.6) is 5.75 Å². The van der Waals surface area contributed by atoms with E-state index in [0.29, 0.717) is 41.9 Å². The van der Waals surface area contributed by atoms with Crippen molar-refractivity contribution in [1.82, 2.24) is 20.0 Å². The van der Waals surface area contributed by atoms with Crippen molar-refractivity contribution < 1.29 is 18.0 Å². The number of anilines is 1. The van der Waals surface area contributed by atoms with E-state index in [1.54, 1.807) is 6.07 Å². The average molecular weight is 470 g/mol. The Morgan fingerprint density at radius 1 is 1.09 bits per heavy atom. The van der Waals surface area contributed by atoms with Crippen LogP contribution < -0.4 is 9.64 Å². The predicted molar refractivity (Wildman–Crippen MR) is 124 cm³/mol. The van der Waals surface area contributed by atoms with E-state index >= 15 is 0 Å². The molecule has 1 aromatic carbocycles. The second kappa shape index (κ2) is 9.29. The van der Waals surface area contributed by atoms with Gasteiger partial charge in [-0.2, -0.15) is 0 Å². The lowest BCUT2D eigenvalue weighted by atomic mass is 9.93. The summed E-state index contributed by atoms with van der Waals surface area (Å²) in [4.78, 5) is 12.9. The van der Waals surface area contributed by atoms with E-state index in [2.05, 4.69) is 27.1 Å². The quantitative estimate of drug-likeness (QED) is 0.548. The van der Waals surface area contributed by atoms with Crippen molar-refractivity contribution in [1.29, 1.82) is 0 Å². The standard InChI is InChI=1S/C25H29F2N5O2/c1-15(2)32-8-9-33-25-19(26)10-17(11-22(25)32)24-20(27)14-28-23(29-24)13-18-12-21(30-34-18)16-4-6-31(3)7-5-16/h10-12,14-16H,4-9,13H2,1-3H3. The molecular weight excluding hydrogens is 440 g/mol. The van der Waals surface area contributed by atoms with Gasteiger partial charge in [-0.1, -0.05) is 5.16 Å². The van der Waals surface area contributed by atoms with E-state index in [9.17, 15) is 8.78 Å². The SMILES string of the molecule is CC(C)N1CCOc2c(F)cc(-c3nc(Cc4cc(C5CCN(C)CC5)no4)ncc3F)cc21. The minimum atomic E-state index is -0.611. The van der Waals surface area contributed by atoms with Crippen LogP contribution in [0.25, 0.3) is 11.3 Å². The van der Waals surface area contributed by atoms with Gasteiger partial charge in [0.05, 0.1) is 30.5 Å². The number of fused-ring (bicyclic) bond motifs is 1. The molecule has 9 heteroatoms. The van der Waals surface area contributed by atoms with E-state index in [-0.39, 0.29) is 23.9 Å². The minimum Gasteiger partial charge on any atom is -0.486 e. The zero-order valence-corrected chi connectivity index (χ0v) is 19.7. The fraction of sp³-hybridized carbons (Fsp3) is 0.480. The summed E-state index contributed by atoms with van der Waals surface area (Å²) in [7, 11) is 2.12. The van der Waals surface area contributed by atoms with Crippen LogP contribution in [-0.4, -0.2) is 59.4 Å². The van der Waals surface area contributed by atoms with Crippen molar-refractivity contribution in [2.24, 2.45) is 0 Å². The smallest absolute Gasteiger partial charge is 0.178 e. The molecule has 1 saturated heterocycles. The molecule has 2 aliphatic heterocycles. The first-order valence-corrected chi connectivity index (χ1v) is 11.8. The molecule has 2 aromatic heterocycles. The van der Waals surface area contributed by atoms with E-state index in [1.165, 1.54) is 6.07 Å². The van der Waals surface area contributed by atoms with Crippen LogP contribution in [0.2, 0.25) is 0 Å². The zero-order chi connectivity index (χ0) is 23.8. The number of rotatable bonds is 5. The number of nitrogens with zero attached hydrogens (tertiary/aromatic N) is 5. The Morgan fingerprint density at radius 2 is 1.88 bits per heavy atom. The van der Waals surface area contributed by atoms with Crippen molar-refractivity contribution in [2.75, 3.05) is 38.2 Å². The minimum absolute atomic E-state index is 0.0519. The third-order valence-corrected chi connectivity index (χ3v) is 6.65. The molecule has 3 aromatic rings. The molecular formula is C25H29F2N5O2. The largest absolute Gasteiger partial charge is 0.486 e. The summed E-state index contributed by atoms with van der Waals surface area (Å²) >= 11 is 0. The van der Waals surface area contributed by atoms with Gasteiger partial charge in [-0.25, -0.2) is 18.7 Å². The molecule has 34 heavy (non-hydrogen) atoms. The summed E-state index contributed by atoms with van der Waals surface area (Å²) in [5.41, 5.74) is 1.94. The van der Waals surface area contributed by atoms with Crippen LogP contribution in [0.15, 0.2) is 28.9 Å². The molecule has 0 saturated carbocycles. The maximum atomic E-state index is 14.9. The number of hydrogen-bond acceptors (Lipinski definition) is 7. The lowest BCUT2D eigenvalue weighted by Gasteiger charge is -2.34. The molecule has 4 heterocycles. The Hall–Kier alpha value is -3.07. The Morgan fingerprint density at radius 3 is 2.65 bits per heavy atom. The van der Waals surface area contributed by atoms with Crippen molar-refractivity contribution in [2.45, 2.75) is 45.1 Å². The Kier molecular flexibility index (Phi) is 6.20. The number of ether oxygens (including phenoxy) is 1. The molecule has 0 aliphatic carbocycles.